The third-order valence-corrected chi connectivity index (χ3v) is 1.50. The highest BCUT2D eigenvalue weighted by molar-refractivity contribution is 5.73. The van der Waals surface area contributed by atoms with E-state index < -0.39 is 12.0 Å². The van der Waals surface area contributed by atoms with E-state index in [-0.39, 0.29) is 6.04 Å². The van der Waals surface area contributed by atoms with Gasteiger partial charge in [-0.2, -0.15) is 0 Å². The van der Waals surface area contributed by atoms with Crippen LogP contribution in [0, 0.1) is 0 Å². The number of carboxylic acid groups (broad SMARTS) is 1. The van der Waals surface area contributed by atoms with E-state index in [1.165, 1.54) is 0 Å². The highest BCUT2D eigenvalue weighted by atomic mass is 16.4. The molecule has 0 spiro atoms. The van der Waals surface area contributed by atoms with Crippen molar-refractivity contribution in [1.82, 2.24) is 10.7 Å². The van der Waals surface area contributed by atoms with Crippen LogP contribution in [-0.4, -0.2) is 29.7 Å². The number of amides is 2. The molecule has 7 N–H and O–H groups in total. The van der Waals surface area contributed by atoms with Crippen LogP contribution < -0.4 is 22.3 Å². The van der Waals surface area contributed by atoms with Crippen molar-refractivity contribution in [3.05, 3.63) is 0 Å². The lowest BCUT2D eigenvalue weighted by Crippen LogP contribution is -2.34. The van der Waals surface area contributed by atoms with Crippen molar-refractivity contribution in [3.8, 4) is 0 Å². The topological polar surface area (TPSA) is 130 Å². The fraction of sp³-hybridized carbons (Fsp3) is 0.667. The zero-order chi connectivity index (χ0) is 10.3. The number of hydrazine groups is 1. The monoisotopic (exact) mass is 190 g/mol. The summed E-state index contributed by atoms with van der Waals surface area (Å²) in [6, 6.07) is -0.986. The molecule has 76 valence electrons. The van der Waals surface area contributed by atoms with Gasteiger partial charge < -0.3 is 16.2 Å². The first kappa shape index (κ1) is 11.7. The third kappa shape index (κ3) is 5.88. The quantitative estimate of drug-likeness (QED) is 0.192. The molecule has 13 heavy (non-hydrogen) atoms. The first-order valence-corrected chi connectivity index (χ1v) is 3.80. The Hall–Kier alpha value is -1.34. The number of primary amides is 1. The molecule has 0 radical (unpaired) electrons. The lowest BCUT2D eigenvalue weighted by atomic mass is 10.2. The summed E-state index contributed by atoms with van der Waals surface area (Å²) in [7, 11) is 0. The molecular weight excluding hydrogens is 176 g/mol. The lowest BCUT2D eigenvalue weighted by molar-refractivity contribution is -0.139. The first-order valence-electron chi connectivity index (χ1n) is 3.80. The number of hydrogen-bond donors (Lipinski definition) is 5. The van der Waals surface area contributed by atoms with Gasteiger partial charge in [-0.15, -0.1) is 0 Å². The minimum Gasteiger partial charge on any atom is -0.480 e. The van der Waals surface area contributed by atoms with Crippen LogP contribution in [0.2, 0.25) is 0 Å². The third-order valence-electron chi connectivity index (χ3n) is 1.50. The number of urea groups is 1. The molecule has 7 heteroatoms. The van der Waals surface area contributed by atoms with Gasteiger partial charge >= 0.3 is 12.0 Å². The van der Waals surface area contributed by atoms with Crippen molar-refractivity contribution < 1.29 is 14.7 Å². The van der Waals surface area contributed by atoms with Crippen LogP contribution in [0.15, 0.2) is 0 Å². The van der Waals surface area contributed by atoms with Crippen molar-refractivity contribution in [2.75, 3.05) is 6.54 Å². The second kappa shape index (κ2) is 6.21. The van der Waals surface area contributed by atoms with Crippen LogP contribution in [0.1, 0.15) is 12.8 Å². The van der Waals surface area contributed by atoms with E-state index in [0.29, 0.717) is 0 Å². The fourth-order valence-electron chi connectivity index (χ4n) is 0.895. The molecule has 0 aromatic heterocycles. The minimum absolute atomic E-state index is 0.269. The average molecular weight is 190 g/mol. The van der Waals surface area contributed by atoms with Crippen LogP contribution in [0.3, 0.4) is 0 Å². The molecule has 7 nitrogen and oxygen atoms in total. The van der Waals surface area contributed by atoms with Gasteiger partial charge in [-0.3, -0.25) is 10.2 Å². The first-order chi connectivity index (χ1) is 6.07. The summed E-state index contributed by atoms with van der Waals surface area (Å²) in [4.78, 5) is 19.5. The van der Waals surface area contributed by atoms with E-state index >= 15 is 0 Å². The van der Waals surface area contributed by atoms with Crippen LogP contribution >= 0.6 is 0 Å². The Morgan fingerprint density at radius 2 is 2.08 bits per heavy atom. The Morgan fingerprint density at radius 1 is 1.54 bits per heavy atom. The van der Waals surface area contributed by atoms with Crippen molar-refractivity contribution in [1.29, 1.82) is 0 Å². The summed E-state index contributed by atoms with van der Waals surface area (Å²) in [6.07, 6.45) is 1.78. The molecule has 1 saturated heterocycles. The summed E-state index contributed by atoms with van der Waals surface area (Å²) in [6.45, 7) is 0.858. The fourth-order valence-corrected chi connectivity index (χ4v) is 0.895. The SMILES string of the molecule is NNC(N)=O.O=C(O)C1CCCN1. The molecule has 1 unspecified atom stereocenters. The molecule has 0 bridgehead atoms. The van der Waals surface area contributed by atoms with Gasteiger partial charge in [0.1, 0.15) is 6.04 Å². The second-order valence-electron chi connectivity index (χ2n) is 2.50. The largest absolute Gasteiger partial charge is 0.480 e. The van der Waals surface area contributed by atoms with Crippen molar-refractivity contribution in [3.63, 3.8) is 0 Å². The standard InChI is InChI=1S/C5H9NO2.CH5N3O/c7-5(8)4-2-1-3-6-4;2-1(5)4-3/h4,6H,1-3H2,(H,7,8);3H2,(H3,2,4,5). The van der Waals surface area contributed by atoms with Gasteiger partial charge in [0.2, 0.25) is 0 Å². The molecule has 1 aliphatic rings. The molecule has 1 rings (SSSR count). The maximum absolute atomic E-state index is 10.1. The van der Waals surface area contributed by atoms with Crippen LogP contribution in [-0.2, 0) is 4.79 Å². The summed E-state index contributed by atoms with van der Waals surface area (Å²) >= 11 is 0. The van der Waals surface area contributed by atoms with Crippen LogP contribution in [0.4, 0.5) is 4.79 Å². The maximum Gasteiger partial charge on any atom is 0.326 e. The molecule has 1 fully saturated rings. The van der Waals surface area contributed by atoms with E-state index in [1.807, 2.05) is 0 Å². The molecule has 2 amide bonds. The molecule has 1 atom stereocenters. The number of carboxylic acids is 1. The van der Waals surface area contributed by atoms with Gasteiger partial charge in [0.15, 0.2) is 0 Å². The lowest BCUT2D eigenvalue weighted by Gasteiger charge is -1.99. The Morgan fingerprint density at radius 3 is 2.23 bits per heavy atom. The summed E-state index contributed by atoms with van der Waals surface area (Å²) < 4.78 is 0. The highest BCUT2D eigenvalue weighted by Crippen LogP contribution is 2.03. The molecule has 0 aromatic carbocycles. The Balaban J connectivity index is 0.000000252. The number of rotatable bonds is 1. The zero-order valence-corrected chi connectivity index (χ0v) is 7.12. The Kier molecular flexibility index (Phi) is 5.57. The smallest absolute Gasteiger partial charge is 0.326 e. The van der Waals surface area contributed by atoms with Crippen molar-refractivity contribution >= 4 is 12.0 Å². The summed E-state index contributed by atoms with van der Waals surface area (Å²) in [5.41, 5.74) is 6.08. The zero-order valence-electron chi connectivity index (χ0n) is 7.12. The molecule has 0 aromatic rings. The van der Waals surface area contributed by atoms with Gasteiger partial charge in [0.05, 0.1) is 0 Å². The van der Waals surface area contributed by atoms with Gasteiger partial charge in [-0.05, 0) is 19.4 Å². The van der Waals surface area contributed by atoms with E-state index in [1.54, 1.807) is 5.43 Å². The van der Waals surface area contributed by atoms with Crippen molar-refractivity contribution in [2.45, 2.75) is 18.9 Å². The second-order valence-corrected chi connectivity index (χ2v) is 2.50. The van der Waals surface area contributed by atoms with Gasteiger partial charge in [-0.25, -0.2) is 10.6 Å². The van der Waals surface area contributed by atoms with E-state index in [9.17, 15) is 9.59 Å². The summed E-state index contributed by atoms with van der Waals surface area (Å²) in [5.74, 6) is 3.73. The Labute approximate surface area is 75.4 Å². The predicted molar refractivity (Wildman–Crippen MR) is 45.6 cm³/mol. The van der Waals surface area contributed by atoms with Crippen molar-refractivity contribution in [2.24, 2.45) is 11.6 Å². The number of aliphatic carboxylic acids is 1. The average Bonchev–Trinajstić information content (AvgIpc) is 2.57. The normalized spacial score (nSPS) is 19.9. The van der Waals surface area contributed by atoms with E-state index in [0.717, 1.165) is 19.4 Å². The number of hydrogen-bond acceptors (Lipinski definition) is 4. The predicted octanol–water partition coefficient (Wildman–Crippen LogP) is -1.65. The molecule has 1 aliphatic heterocycles. The van der Waals surface area contributed by atoms with Gasteiger partial charge in [0, 0.05) is 0 Å². The Bertz CT molecular complexity index is 179. The number of carbonyl (C=O) groups excluding carboxylic acids is 1. The molecule has 1 heterocycles. The van der Waals surface area contributed by atoms with Gasteiger partial charge in [-0.1, -0.05) is 0 Å². The number of nitrogens with two attached hydrogens (primary N) is 2. The van der Waals surface area contributed by atoms with Crippen LogP contribution in [0.5, 0.6) is 0 Å². The summed E-state index contributed by atoms with van der Waals surface area (Å²) in [5, 5.41) is 11.2. The van der Waals surface area contributed by atoms with Crippen LogP contribution in [0.25, 0.3) is 0 Å². The molecular formula is C6H14N4O3. The van der Waals surface area contributed by atoms with E-state index in [2.05, 4.69) is 16.9 Å². The highest BCUT2D eigenvalue weighted by Gasteiger charge is 2.20. The molecule has 0 saturated carbocycles. The van der Waals surface area contributed by atoms with Gasteiger partial charge in [0.25, 0.3) is 0 Å². The van der Waals surface area contributed by atoms with E-state index in [4.69, 9.17) is 5.11 Å². The number of carbonyl (C=O) groups is 2. The molecule has 0 aliphatic carbocycles. The maximum atomic E-state index is 10.1. The number of nitrogens with one attached hydrogen (secondary N) is 2. The minimum atomic E-state index is -0.720.